The van der Waals surface area contributed by atoms with Gasteiger partial charge >= 0.3 is 0 Å². The Hall–Kier alpha value is -2.29. The Morgan fingerprint density at radius 2 is 1.84 bits per heavy atom. The summed E-state index contributed by atoms with van der Waals surface area (Å²) < 4.78 is 2.04. The second-order valence-electron chi connectivity index (χ2n) is 5.07. The van der Waals surface area contributed by atoms with Crippen LogP contribution in [0.1, 0.15) is 17.7 Å². The summed E-state index contributed by atoms with van der Waals surface area (Å²) >= 11 is 0. The lowest BCUT2D eigenvalue weighted by Gasteiger charge is -2.09. The van der Waals surface area contributed by atoms with Gasteiger partial charge in [0.15, 0.2) is 0 Å². The first-order chi connectivity index (χ1) is 9.34. The number of nitrogens with two attached hydrogens (primary N) is 1. The molecule has 0 saturated carbocycles. The van der Waals surface area contributed by atoms with Crippen molar-refractivity contribution < 1.29 is 0 Å². The standard InChI is InChI=1S/C16H15N3/c17-16-13-8-4-10-15(13)19(18-16)14-9-3-6-11-5-1-2-7-12(11)14/h1-3,5-7,9H,4,8,10H2,(H2,17,18). The lowest BCUT2D eigenvalue weighted by Crippen LogP contribution is -2.02. The van der Waals surface area contributed by atoms with Crippen molar-refractivity contribution in [1.82, 2.24) is 9.78 Å². The van der Waals surface area contributed by atoms with Gasteiger partial charge in [-0.1, -0.05) is 36.4 Å². The van der Waals surface area contributed by atoms with Crippen LogP contribution in [0.4, 0.5) is 5.82 Å². The van der Waals surface area contributed by atoms with Crippen LogP contribution in [0.2, 0.25) is 0 Å². The second kappa shape index (κ2) is 3.85. The zero-order chi connectivity index (χ0) is 12.8. The fraction of sp³-hybridized carbons (Fsp3) is 0.188. The Morgan fingerprint density at radius 1 is 1.00 bits per heavy atom. The Labute approximate surface area is 111 Å². The Kier molecular flexibility index (Phi) is 2.15. The van der Waals surface area contributed by atoms with E-state index in [0.29, 0.717) is 5.82 Å². The molecule has 4 rings (SSSR count). The van der Waals surface area contributed by atoms with E-state index < -0.39 is 0 Å². The molecule has 0 radical (unpaired) electrons. The van der Waals surface area contributed by atoms with Gasteiger partial charge in [0.25, 0.3) is 0 Å². The highest BCUT2D eigenvalue weighted by Crippen LogP contribution is 2.31. The zero-order valence-corrected chi connectivity index (χ0v) is 10.6. The van der Waals surface area contributed by atoms with Crippen LogP contribution >= 0.6 is 0 Å². The van der Waals surface area contributed by atoms with Crippen LogP contribution < -0.4 is 5.73 Å². The number of nitrogens with zero attached hydrogens (tertiary/aromatic N) is 2. The van der Waals surface area contributed by atoms with Crippen LogP contribution in [-0.4, -0.2) is 9.78 Å². The Bertz CT molecular complexity index is 766. The van der Waals surface area contributed by atoms with Crippen molar-refractivity contribution in [2.75, 3.05) is 5.73 Å². The number of anilines is 1. The number of benzene rings is 2. The minimum absolute atomic E-state index is 0.695. The molecule has 0 fully saturated rings. The third kappa shape index (κ3) is 1.48. The van der Waals surface area contributed by atoms with E-state index in [9.17, 15) is 0 Å². The SMILES string of the molecule is Nc1nn(-c2cccc3ccccc23)c2c1CCC2. The molecule has 3 nitrogen and oxygen atoms in total. The van der Waals surface area contributed by atoms with Crippen molar-refractivity contribution in [3.05, 3.63) is 53.7 Å². The number of nitrogen functional groups attached to an aromatic ring is 1. The van der Waals surface area contributed by atoms with E-state index in [0.717, 1.165) is 18.5 Å². The summed E-state index contributed by atoms with van der Waals surface area (Å²) in [6.45, 7) is 0. The number of aromatic nitrogens is 2. The molecule has 0 aliphatic heterocycles. The molecule has 0 saturated heterocycles. The molecule has 0 amide bonds. The van der Waals surface area contributed by atoms with E-state index in [4.69, 9.17) is 5.73 Å². The maximum Gasteiger partial charge on any atom is 0.149 e. The summed E-state index contributed by atoms with van der Waals surface area (Å²) in [6, 6.07) is 14.7. The van der Waals surface area contributed by atoms with E-state index >= 15 is 0 Å². The Balaban J connectivity index is 2.03. The fourth-order valence-electron chi connectivity index (χ4n) is 3.06. The van der Waals surface area contributed by atoms with Crippen molar-refractivity contribution in [3.63, 3.8) is 0 Å². The van der Waals surface area contributed by atoms with Crippen molar-refractivity contribution in [1.29, 1.82) is 0 Å². The van der Waals surface area contributed by atoms with Gasteiger partial charge in [-0.3, -0.25) is 0 Å². The highest BCUT2D eigenvalue weighted by Gasteiger charge is 2.22. The van der Waals surface area contributed by atoms with Crippen molar-refractivity contribution in [2.45, 2.75) is 19.3 Å². The van der Waals surface area contributed by atoms with E-state index in [1.165, 1.54) is 28.5 Å². The predicted molar refractivity (Wildman–Crippen MR) is 77.5 cm³/mol. The molecule has 1 aliphatic rings. The average Bonchev–Trinajstić information content (AvgIpc) is 3.03. The fourth-order valence-corrected chi connectivity index (χ4v) is 3.06. The van der Waals surface area contributed by atoms with Gasteiger partial charge in [0.2, 0.25) is 0 Å². The topological polar surface area (TPSA) is 43.8 Å². The Morgan fingerprint density at radius 3 is 2.79 bits per heavy atom. The molecule has 0 bridgehead atoms. The summed E-state index contributed by atoms with van der Waals surface area (Å²) in [6.07, 6.45) is 3.32. The van der Waals surface area contributed by atoms with Crippen LogP contribution in [-0.2, 0) is 12.8 Å². The number of fused-ring (bicyclic) bond motifs is 2. The third-order valence-electron chi connectivity index (χ3n) is 3.96. The molecule has 19 heavy (non-hydrogen) atoms. The van der Waals surface area contributed by atoms with E-state index in [2.05, 4.69) is 47.6 Å². The van der Waals surface area contributed by atoms with Gasteiger partial charge in [-0.25, -0.2) is 4.68 Å². The zero-order valence-electron chi connectivity index (χ0n) is 10.6. The smallest absolute Gasteiger partial charge is 0.149 e. The summed E-state index contributed by atoms with van der Waals surface area (Å²) in [4.78, 5) is 0. The lowest BCUT2D eigenvalue weighted by molar-refractivity contribution is 0.792. The molecule has 0 spiro atoms. The van der Waals surface area contributed by atoms with Gasteiger partial charge in [0.05, 0.1) is 5.69 Å². The molecule has 0 unspecified atom stereocenters. The van der Waals surface area contributed by atoms with E-state index in [1.54, 1.807) is 0 Å². The predicted octanol–water partition coefficient (Wildman–Crippen LogP) is 3.10. The summed E-state index contributed by atoms with van der Waals surface area (Å²) in [5, 5.41) is 7.01. The van der Waals surface area contributed by atoms with Gasteiger partial charge in [-0.2, -0.15) is 5.10 Å². The monoisotopic (exact) mass is 249 g/mol. The van der Waals surface area contributed by atoms with Crippen LogP contribution in [0.3, 0.4) is 0 Å². The first-order valence-electron chi connectivity index (χ1n) is 6.69. The highest BCUT2D eigenvalue weighted by atomic mass is 15.3. The minimum atomic E-state index is 0.695. The maximum absolute atomic E-state index is 6.04. The first-order valence-corrected chi connectivity index (χ1v) is 6.69. The number of hydrogen-bond acceptors (Lipinski definition) is 2. The van der Waals surface area contributed by atoms with Crippen LogP contribution in [0.5, 0.6) is 0 Å². The van der Waals surface area contributed by atoms with Crippen molar-refractivity contribution in [2.24, 2.45) is 0 Å². The molecular weight excluding hydrogens is 234 g/mol. The van der Waals surface area contributed by atoms with Crippen molar-refractivity contribution in [3.8, 4) is 5.69 Å². The maximum atomic E-state index is 6.04. The quantitative estimate of drug-likeness (QED) is 0.720. The van der Waals surface area contributed by atoms with Gasteiger partial charge in [0, 0.05) is 16.6 Å². The molecule has 1 aromatic heterocycles. The lowest BCUT2D eigenvalue weighted by atomic mass is 10.1. The van der Waals surface area contributed by atoms with E-state index in [1.807, 2.05) is 4.68 Å². The van der Waals surface area contributed by atoms with Gasteiger partial charge in [-0.05, 0) is 30.7 Å². The minimum Gasteiger partial charge on any atom is -0.382 e. The third-order valence-corrected chi connectivity index (χ3v) is 3.96. The second-order valence-corrected chi connectivity index (χ2v) is 5.07. The largest absolute Gasteiger partial charge is 0.382 e. The summed E-state index contributed by atoms with van der Waals surface area (Å²) in [5.41, 5.74) is 9.70. The molecule has 2 aromatic carbocycles. The van der Waals surface area contributed by atoms with Gasteiger partial charge in [-0.15, -0.1) is 0 Å². The molecule has 1 heterocycles. The number of hydrogen-bond donors (Lipinski definition) is 1. The molecule has 0 atom stereocenters. The van der Waals surface area contributed by atoms with Gasteiger partial charge < -0.3 is 5.73 Å². The molecule has 1 aliphatic carbocycles. The van der Waals surface area contributed by atoms with Crippen LogP contribution in [0, 0.1) is 0 Å². The first kappa shape index (κ1) is 10.6. The van der Waals surface area contributed by atoms with Gasteiger partial charge in [0.1, 0.15) is 5.82 Å². The molecule has 3 heteroatoms. The summed E-state index contributed by atoms with van der Waals surface area (Å²) in [7, 11) is 0. The van der Waals surface area contributed by atoms with Crippen LogP contribution in [0.15, 0.2) is 42.5 Å². The molecule has 94 valence electrons. The summed E-state index contributed by atoms with van der Waals surface area (Å²) in [5.74, 6) is 0.695. The highest BCUT2D eigenvalue weighted by molar-refractivity contribution is 5.90. The average molecular weight is 249 g/mol. The number of rotatable bonds is 1. The van der Waals surface area contributed by atoms with Crippen molar-refractivity contribution >= 4 is 16.6 Å². The van der Waals surface area contributed by atoms with E-state index in [-0.39, 0.29) is 0 Å². The molecular formula is C16H15N3. The molecule has 2 N–H and O–H groups in total. The normalized spacial score (nSPS) is 13.9. The molecule has 3 aromatic rings. The van der Waals surface area contributed by atoms with Crippen LogP contribution in [0.25, 0.3) is 16.5 Å².